The molecule has 0 bridgehead atoms. The highest BCUT2D eigenvalue weighted by atomic mass is 16.5. The van der Waals surface area contributed by atoms with Gasteiger partial charge in [-0.05, 0) is 31.9 Å². The molecule has 0 saturated heterocycles. The van der Waals surface area contributed by atoms with Crippen molar-refractivity contribution in [1.29, 1.82) is 0 Å². The number of carbonyl (C=O) groups excluding carboxylic acids is 1. The molecule has 2 rings (SSSR count). The van der Waals surface area contributed by atoms with E-state index in [9.17, 15) is 9.90 Å². The number of ketones is 1. The molecule has 1 fully saturated rings. The zero-order chi connectivity index (χ0) is 12.5. The summed E-state index contributed by atoms with van der Waals surface area (Å²) in [6.07, 6.45) is 2.57. The molecule has 92 valence electrons. The molecule has 1 aliphatic carbocycles. The first-order valence-corrected chi connectivity index (χ1v) is 5.93. The number of aliphatic hydroxyl groups is 1. The smallest absolute Gasteiger partial charge is 0.175 e. The lowest BCUT2D eigenvalue weighted by molar-refractivity contribution is 0.0345. The van der Waals surface area contributed by atoms with Crippen LogP contribution in [0.15, 0.2) is 18.2 Å². The van der Waals surface area contributed by atoms with Gasteiger partial charge in [-0.2, -0.15) is 0 Å². The van der Waals surface area contributed by atoms with Crippen LogP contribution in [0, 0.1) is 12.3 Å². The molecule has 3 heteroatoms. The van der Waals surface area contributed by atoms with Crippen LogP contribution in [-0.2, 0) is 0 Å². The third-order valence-corrected chi connectivity index (χ3v) is 3.69. The lowest BCUT2D eigenvalue weighted by atomic mass is 9.65. The summed E-state index contributed by atoms with van der Waals surface area (Å²) in [4.78, 5) is 12.5. The van der Waals surface area contributed by atoms with E-state index in [-0.39, 0.29) is 12.4 Å². The van der Waals surface area contributed by atoms with Gasteiger partial charge >= 0.3 is 0 Å². The number of hydrogen-bond donors (Lipinski definition) is 1. The molecule has 0 aromatic heterocycles. The lowest BCUT2D eigenvalue weighted by Crippen LogP contribution is -2.41. The minimum absolute atomic E-state index is 0.0202. The Morgan fingerprint density at radius 2 is 2.18 bits per heavy atom. The minimum atomic E-state index is -0.554. The highest BCUT2D eigenvalue weighted by molar-refractivity contribution is 6.03. The summed E-state index contributed by atoms with van der Waals surface area (Å²) in [6.45, 7) is 1.88. The second kappa shape index (κ2) is 4.49. The quantitative estimate of drug-likeness (QED) is 0.813. The summed E-state index contributed by atoms with van der Waals surface area (Å²) in [7, 11) is 1.56. The van der Waals surface area contributed by atoms with Crippen molar-refractivity contribution in [3.05, 3.63) is 29.3 Å². The third-order valence-electron chi connectivity index (χ3n) is 3.69. The van der Waals surface area contributed by atoms with E-state index < -0.39 is 5.41 Å². The standard InChI is InChI=1S/C14H18O3/c1-10-4-5-12(17-2)11(8-10)13(16)14(9-15)6-3-7-14/h4-5,8,15H,3,6-7,9H2,1-2H3. The van der Waals surface area contributed by atoms with Crippen LogP contribution in [0.2, 0.25) is 0 Å². The second-order valence-electron chi connectivity index (χ2n) is 4.82. The first-order chi connectivity index (χ1) is 8.13. The Kier molecular flexibility index (Phi) is 3.20. The number of rotatable bonds is 4. The van der Waals surface area contributed by atoms with E-state index in [0.29, 0.717) is 11.3 Å². The molecule has 0 radical (unpaired) electrons. The Balaban J connectivity index is 2.39. The van der Waals surface area contributed by atoms with Crippen LogP contribution in [0.5, 0.6) is 5.75 Å². The van der Waals surface area contributed by atoms with Gasteiger partial charge in [-0.1, -0.05) is 18.1 Å². The van der Waals surface area contributed by atoms with Gasteiger partial charge in [-0.3, -0.25) is 4.79 Å². The maximum atomic E-state index is 12.5. The van der Waals surface area contributed by atoms with Gasteiger partial charge in [-0.25, -0.2) is 0 Å². The number of hydrogen-bond acceptors (Lipinski definition) is 3. The maximum absolute atomic E-state index is 12.5. The number of aliphatic hydroxyl groups excluding tert-OH is 1. The van der Waals surface area contributed by atoms with E-state index >= 15 is 0 Å². The van der Waals surface area contributed by atoms with Crippen LogP contribution in [0.3, 0.4) is 0 Å². The number of methoxy groups -OCH3 is 1. The molecule has 0 amide bonds. The molecule has 0 spiro atoms. The molecule has 1 aromatic rings. The van der Waals surface area contributed by atoms with Gasteiger partial charge in [-0.15, -0.1) is 0 Å². The fourth-order valence-electron chi connectivity index (χ4n) is 2.35. The summed E-state index contributed by atoms with van der Waals surface area (Å²) in [6, 6.07) is 5.57. The van der Waals surface area contributed by atoms with Gasteiger partial charge in [0.2, 0.25) is 0 Å². The number of aryl methyl sites for hydroxylation is 1. The van der Waals surface area contributed by atoms with Crippen LogP contribution in [0.25, 0.3) is 0 Å². The average Bonchev–Trinajstić information content (AvgIpc) is 2.28. The summed E-state index contributed by atoms with van der Waals surface area (Å²) in [5.74, 6) is 0.618. The SMILES string of the molecule is COc1ccc(C)cc1C(=O)C1(CO)CCC1. The molecule has 1 aliphatic rings. The van der Waals surface area contributed by atoms with E-state index in [4.69, 9.17) is 4.74 Å². The summed E-state index contributed by atoms with van der Waals surface area (Å²) < 4.78 is 5.23. The zero-order valence-electron chi connectivity index (χ0n) is 10.3. The molecule has 1 saturated carbocycles. The monoisotopic (exact) mass is 234 g/mol. The predicted octanol–water partition coefficient (Wildman–Crippen LogP) is 2.35. The van der Waals surface area contributed by atoms with Gasteiger partial charge in [0.25, 0.3) is 0 Å². The van der Waals surface area contributed by atoms with Crippen molar-refractivity contribution in [3.63, 3.8) is 0 Å². The number of ether oxygens (including phenoxy) is 1. The van der Waals surface area contributed by atoms with Gasteiger partial charge < -0.3 is 9.84 Å². The van der Waals surface area contributed by atoms with Crippen molar-refractivity contribution >= 4 is 5.78 Å². The van der Waals surface area contributed by atoms with Crippen molar-refractivity contribution < 1.29 is 14.6 Å². The Hall–Kier alpha value is -1.35. The second-order valence-corrected chi connectivity index (χ2v) is 4.82. The molecule has 0 unspecified atom stereocenters. The molecule has 1 N–H and O–H groups in total. The number of carbonyl (C=O) groups is 1. The highest BCUT2D eigenvalue weighted by Gasteiger charge is 2.44. The van der Waals surface area contributed by atoms with Gasteiger partial charge in [0.15, 0.2) is 5.78 Å². The van der Waals surface area contributed by atoms with E-state index in [1.54, 1.807) is 7.11 Å². The minimum Gasteiger partial charge on any atom is -0.496 e. The van der Waals surface area contributed by atoms with E-state index in [1.807, 2.05) is 25.1 Å². The topological polar surface area (TPSA) is 46.5 Å². The van der Waals surface area contributed by atoms with Crippen molar-refractivity contribution in [2.24, 2.45) is 5.41 Å². The Morgan fingerprint density at radius 3 is 2.65 bits per heavy atom. The molecule has 1 aromatic carbocycles. The molecule has 0 heterocycles. The summed E-state index contributed by atoms with van der Waals surface area (Å²) in [5.41, 5.74) is 1.07. The normalized spacial score (nSPS) is 17.4. The lowest BCUT2D eigenvalue weighted by Gasteiger charge is -2.38. The van der Waals surface area contributed by atoms with E-state index in [2.05, 4.69) is 0 Å². The Morgan fingerprint density at radius 1 is 1.47 bits per heavy atom. The van der Waals surface area contributed by atoms with E-state index in [1.165, 1.54) is 0 Å². The number of Topliss-reactive ketones (excluding diaryl/α,β-unsaturated/α-hetero) is 1. The first kappa shape index (κ1) is 12.1. The molecular formula is C14H18O3. The molecule has 3 nitrogen and oxygen atoms in total. The zero-order valence-corrected chi connectivity index (χ0v) is 10.3. The van der Waals surface area contributed by atoms with Crippen LogP contribution >= 0.6 is 0 Å². The van der Waals surface area contributed by atoms with Gasteiger partial charge in [0.1, 0.15) is 5.75 Å². The highest BCUT2D eigenvalue weighted by Crippen LogP contribution is 2.44. The average molecular weight is 234 g/mol. The van der Waals surface area contributed by atoms with Crippen molar-refractivity contribution in [3.8, 4) is 5.75 Å². The molecular weight excluding hydrogens is 216 g/mol. The maximum Gasteiger partial charge on any atom is 0.175 e. The predicted molar refractivity (Wildman–Crippen MR) is 65.4 cm³/mol. The fraction of sp³-hybridized carbons (Fsp3) is 0.500. The first-order valence-electron chi connectivity index (χ1n) is 5.93. The van der Waals surface area contributed by atoms with Crippen LogP contribution in [0.1, 0.15) is 35.2 Å². The van der Waals surface area contributed by atoms with Crippen LogP contribution in [0.4, 0.5) is 0 Å². The molecule has 17 heavy (non-hydrogen) atoms. The van der Waals surface area contributed by atoms with Crippen molar-refractivity contribution in [1.82, 2.24) is 0 Å². The van der Waals surface area contributed by atoms with Crippen LogP contribution < -0.4 is 4.74 Å². The van der Waals surface area contributed by atoms with Gasteiger partial charge in [0.05, 0.1) is 24.7 Å². The Labute approximate surface area is 101 Å². The van der Waals surface area contributed by atoms with Crippen LogP contribution in [-0.4, -0.2) is 24.6 Å². The summed E-state index contributed by atoms with van der Waals surface area (Å²) in [5, 5.41) is 9.44. The van der Waals surface area contributed by atoms with E-state index in [0.717, 1.165) is 24.8 Å². The van der Waals surface area contributed by atoms with Crippen molar-refractivity contribution in [2.45, 2.75) is 26.2 Å². The molecule has 0 atom stereocenters. The largest absolute Gasteiger partial charge is 0.496 e. The summed E-state index contributed by atoms with van der Waals surface area (Å²) >= 11 is 0. The fourth-order valence-corrected chi connectivity index (χ4v) is 2.35. The molecule has 0 aliphatic heterocycles. The van der Waals surface area contributed by atoms with Crippen molar-refractivity contribution in [2.75, 3.05) is 13.7 Å². The Bertz CT molecular complexity index is 428. The number of benzene rings is 1. The third kappa shape index (κ3) is 1.95. The van der Waals surface area contributed by atoms with Gasteiger partial charge in [0, 0.05) is 0 Å².